The van der Waals surface area contributed by atoms with Gasteiger partial charge in [-0.15, -0.1) is 0 Å². The second kappa shape index (κ2) is 9.32. The quantitative estimate of drug-likeness (QED) is 0.712. The normalized spacial score (nSPS) is 16.6. The molecule has 1 aliphatic heterocycles. The highest BCUT2D eigenvalue weighted by atomic mass is 16.5. The van der Waals surface area contributed by atoms with E-state index in [1.165, 1.54) is 6.07 Å². The van der Waals surface area contributed by atoms with E-state index in [4.69, 9.17) is 4.74 Å². The molecule has 0 saturated carbocycles. The lowest BCUT2D eigenvalue weighted by atomic mass is 9.98. The molecule has 2 heterocycles. The molecule has 7 nitrogen and oxygen atoms in total. The Morgan fingerprint density at radius 1 is 1.29 bits per heavy atom. The molecule has 1 aromatic carbocycles. The minimum atomic E-state index is -0.282. The first-order chi connectivity index (χ1) is 13.7. The first-order valence-electron chi connectivity index (χ1n) is 9.41. The van der Waals surface area contributed by atoms with Gasteiger partial charge in [-0.05, 0) is 43.5 Å². The summed E-state index contributed by atoms with van der Waals surface area (Å²) in [4.78, 5) is 30.1. The van der Waals surface area contributed by atoms with Gasteiger partial charge in [0.25, 0.3) is 5.91 Å². The van der Waals surface area contributed by atoms with Gasteiger partial charge >= 0.3 is 0 Å². The summed E-state index contributed by atoms with van der Waals surface area (Å²) in [5.41, 5.74) is 0.930. The van der Waals surface area contributed by atoms with E-state index in [0.717, 1.165) is 19.3 Å². The summed E-state index contributed by atoms with van der Waals surface area (Å²) in [6.45, 7) is 0.684. The number of aliphatic hydroxyl groups is 1. The van der Waals surface area contributed by atoms with Crippen molar-refractivity contribution < 1.29 is 24.5 Å². The Morgan fingerprint density at radius 2 is 2.14 bits per heavy atom. The second-order valence-electron chi connectivity index (χ2n) is 6.75. The summed E-state index contributed by atoms with van der Waals surface area (Å²) in [6.07, 6.45) is 5.56. The van der Waals surface area contributed by atoms with Crippen LogP contribution >= 0.6 is 0 Å². The number of hydrogen-bond acceptors (Lipinski definition) is 6. The Hall–Kier alpha value is -2.93. The van der Waals surface area contributed by atoms with E-state index in [1.54, 1.807) is 30.5 Å². The largest absolute Gasteiger partial charge is 0.507 e. The minimum absolute atomic E-state index is 0.00462. The molecule has 28 heavy (non-hydrogen) atoms. The summed E-state index contributed by atoms with van der Waals surface area (Å²) in [5, 5.41) is 19.2. The van der Waals surface area contributed by atoms with Crippen molar-refractivity contribution >= 4 is 12.2 Å². The lowest BCUT2D eigenvalue weighted by molar-refractivity contribution is 0.0576. The fourth-order valence-electron chi connectivity index (χ4n) is 3.56. The molecular formula is C21H24N2O5. The number of likely N-dealkylation sites (tertiary alicyclic amines) is 1. The maximum atomic E-state index is 13.0. The van der Waals surface area contributed by atoms with E-state index in [0.29, 0.717) is 42.9 Å². The van der Waals surface area contributed by atoms with Crippen LogP contribution in [0.15, 0.2) is 36.5 Å². The average molecular weight is 384 g/mol. The SMILES string of the molecule is O=Cc1c(O)cccc1OCC[C@@H]1CCCCN1C(=O)c1cccnc1CO. The van der Waals surface area contributed by atoms with Crippen LogP contribution in [0.4, 0.5) is 0 Å². The molecule has 0 bridgehead atoms. The van der Waals surface area contributed by atoms with Gasteiger partial charge in [0.15, 0.2) is 6.29 Å². The van der Waals surface area contributed by atoms with Crippen LogP contribution in [0.5, 0.6) is 11.5 Å². The highest BCUT2D eigenvalue weighted by Crippen LogP contribution is 2.27. The zero-order valence-electron chi connectivity index (χ0n) is 15.6. The Labute approximate surface area is 163 Å². The maximum Gasteiger partial charge on any atom is 0.256 e. The molecule has 2 N–H and O–H groups in total. The number of aliphatic hydroxyl groups excluding tert-OH is 1. The summed E-state index contributed by atoms with van der Waals surface area (Å²) in [6, 6.07) is 8.07. The number of aromatic hydroxyl groups is 1. The van der Waals surface area contributed by atoms with Gasteiger partial charge in [-0.3, -0.25) is 14.6 Å². The van der Waals surface area contributed by atoms with Crippen LogP contribution in [0.2, 0.25) is 0 Å². The molecular weight excluding hydrogens is 360 g/mol. The molecule has 0 aliphatic carbocycles. The zero-order chi connectivity index (χ0) is 19.9. The summed E-state index contributed by atoms with van der Waals surface area (Å²) in [5.74, 6) is 0.0846. The second-order valence-corrected chi connectivity index (χ2v) is 6.75. The van der Waals surface area contributed by atoms with Crippen molar-refractivity contribution in [3.8, 4) is 11.5 Å². The van der Waals surface area contributed by atoms with Crippen molar-refractivity contribution in [1.29, 1.82) is 0 Å². The molecule has 1 atom stereocenters. The molecule has 2 aromatic rings. The molecule has 1 saturated heterocycles. The first kappa shape index (κ1) is 19.8. The Bertz CT molecular complexity index is 839. The summed E-state index contributed by atoms with van der Waals surface area (Å²) >= 11 is 0. The average Bonchev–Trinajstić information content (AvgIpc) is 2.73. The number of hydrogen-bond donors (Lipinski definition) is 2. The van der Waals surface area contributed by atoms with Crippen molar-refractivity contribution in [3.05, 3.63) is 53.3 Å². The summed E-state index contributed by atoms with van der Waals surface area (Å²) in [7, 11) is 0. The number of aromatic nitrogens is 1. The van der Waals surface area contributed by atoms with Gasteiger partial charge in [-0.2, -0.15) is 0 Å². The number of ether oxygens (including phenoxy) is 1. The van der Waals surface area contributed by atoms with Crippen molar-refractivity contribution in [2.24, 2.45) is 0 Å². The molecule has 0 spiro atoms. The number of benzene rings is 1. The van der Waals surface area contributed by atoms with Crippen molar-refractivity contribution in [2.75, 3.05) is 13.2 Å². The number of nitrogens with zero attached hydrogens (tertiary/aromatic N) is 2. The number of phenols is 1. The van der Waals surface area contributed by atoms with Crippen LogP contribution in [-0.4, -0.2) is 51.5 Å². The maximum absolute atomic E-state index is 13.0. The van der Waals surface area contributed by atoms with E-state index in [9.17, 15) is 19.8 Å². The van der Waals surface area contributed by atoms with E-state index in [2.05, 4.69) is 4.98 Å². The van der Waals surface area contributed by atoms with Crippen molar-refractivity contribution in [1.82, 2.24) is 9.88 Å². The Morgan fingerprint density at radius 3 is 2.93 bits per heavy atom. The molecule has 7 heteroatoms. The highest BCUT2D eigenvalue weighted by Gasteiger charge is 2.28. The van der Waals surface area contributed by atoms with Gasteiger partial charge in [-0.25, -0.2) is 0 Å². The molecule has 1 aromatic heterocycles. The number of carbonyl (C=O) groups is 2. The minimum Gasteiger partial charge on any atom is -0.507 e. The number of pyridine rings is 1. The molecule has 0 radical (unpaired) electrons. The van der Waals surface area contributed by atoms with Crippen molar-refractivity contribution in [3.63, 3.8) is 0 Å². The number of phenolic OH excluding ortho intramolecular Hbond substituents is 1. The first-order valence-corrected chi connectivity index (χ1v) is 9.41. The molecule has 0 unspecified atom stereocenters. The number of aldehydes is 1. The molecule has 1 amide bonds. The number of amides is 1. The van der Waals surface area contributed by atoms with E-state index in [-0.39, 0.29) is 29.9 Å². The lowest BCUT2D eigenvalue weighted by Crippen LogP contribution is -2.44. The fraction of sp³-hybridized carbons (Fsp3) is 0.381. The van der Waals surface area contributed by atoms with E-state index >= 15 is 0 Å². The molecule has 1 fully saturated rings. The van der Waals surface area contributed by atoms with Crippen LogP contribution in [0.25, 0.3) is 0 Å². The summed E-state index contributed by atoms with van der Waals surface area (Å²) < 4.78 is 5.71. The fourth-order valence-corrected chi connectivity index (χ4v) is 3.56. The standard InChI is InChI=1S/C21H24N2O5/c24-13-17-19(26)7-3-8-20(17)28-12-9-15-5-1-2-11-23(15)21(27)16-6-4-10-22-18(16)14-25/h3-4,6-8,10,13,15,25-26H,1-2,5,9,11-12,14H2/t15-/m0/s1. The Balaban J connectivity index is 1.68. The van der Waals surface area contributed by atoms with Gasteiger partial charge in [0.1, 0.15) is 11.5 Å². The van der Waals surface area contributed by atoms with Crippen molar-refractivity contribution in [2.45, 2.75) is 38.3 Å². The zero-order valence-corrected chi connectivity index (χ0v) is 15.6. The molecule has 3 rings (SSSR count). The highest BCUT2D eigenvalue weighted by molar-refractivity contribution is 5.95. The van der Waals surface area contributed by atoms with Crippen LogP contribution in [0, 0.1) is 0 Å². The van der Waals surface area contributed by atoms with Crippen LogP contribution in [0.1, 0.15) is 52.1 Å². The lowest BCUT2D eigenvalue weighted by Gasteiger charge is -2.36. The van der Waals surface area contributed by atoms with Crippen LogP contribution in [0.3, 0.4) is 0 Å². The molecule has 148 valence electrons. The monoisotopic (exact) mass is 384 g/mol. The Kier molecular flexibility index (Phi) is 6.60. The predicted octanol–water partition coefficient (Wildman–Crippen LogP) is 2.56. The van der Waals surface area contributed by atoms with Gasteiger partial charge in [0, 0.05) is 25.2 Å². The third-order valence-electron chi connectivity index (χ3n) is 5.03. The van der Waals surface area contributed by atoms with Gasteiger partial charge < -0.3 is 19.8 Å². The number of rotatable bonds is 7. The smallest absolute Gasteiger partial charge is 0.256 e. The number of carbonyl (C=O) groups excluding carboxylic acids is 2. The van der Waals surface area contributed by atoms with E-state index in [1.807, 2.05) is 4.90 Å². The van der Waals surface area contributed by atoms with Crippen LogP contribution in [-0.2, 0) is 6.61 Å². The third-order valence-corrected chi connectivity index (χ3v) is 5.03. The van der Waals surface area contributed by atoms with Gasteiger partial charge in [-0.1, -0.05) is 6.07 Å². The molecule has 1 aliphatic rings. The van der Waals surface area contributed by atoms with Gasteiger partial charge in [0.05, 0.1) is 30.0 Å². The third kappa shape index (κ3) is 4.31. The topological polar surface area (TPSA) is 100.0 Å². The predicted molar refractivity (Wildman–Crippen MR) is 102 cm³/mol. The van der Waals surface area contributed by atoms with Gasteiger partial charge in [0.2, 0.25) is 0 Å². The van der Waals surface area contributed by atoms with E-state index < -0.39 is 0 Å². The number of piperidine rings is 1. The van der Waals surface area contributed by atoms with Crippen LogP contribution < -0.4 is 4.74 Å².